The van der Waals surface area contributed by atoms with Gasteiger partial charge in [0, 0.05) is 6.54 Å². The van der Waals surface area contributed by atoms with Crippen molar-refractivity contribution >= 4 is 29.3 Å². The third kappa shape index (κ3) is 3.02. The standard InChI is InChI=1S/C13H15ClN2O4/c1-8-3-2-4-9(14)11(8)15-13(19)16-5-6-20-7-10(16)12(17)18/h2-4,10H,5-7H2,1H3,(H,15,19)(H,17,18). The number of hydrogen-bond acceptors (Lipinski definition) is 3. The molecule has 108 valence electrons. The van der Waals surface area contributed by atoms with Crippen LogP contribution in [0.3, 0.4) is 0 Å². The maximum Gasteiger partial charge on any atom is 0.328 e. The van der Waals surface area contributed by atoms with Crippen LogP contribution in [-0.4, -0.2) is 47.8 Å². The molecule has 0 aromatic heterocycles. The Bertz CT molecular complexity index is 515. The van der Waals surface area contributed by atoms with Crippen LogP contribution in [0, 0.1) is 6.92 Å². The predicted octanol–water partition coefficient (Wildman–Crippen LogP) is 1.97. The fourth-order valence-corrected chi connectivity index (χ4v) is 2.29. The van der Waals surface area contributed by atoms with Gasteiger partial charge in [0.1, 0.15) is 0 Å². The van der Waals surface area contributed by atoms with Gasteiger partial charge in [0.2, 0.25) is 0 Å². The fraction of sp³-hybridized carbons (Fsp3) is 0.385. The molecule has 0 aliphatic carbocycles. The zero-order valence-corrected chi connectivity index (χ0v) is 11.7. The zero-order valence-electron chi connectivity index (χ0n) is 10.9. The molecular weight excluding hydrogens is 284 g/mol. The summed E-state index contributed by atoms with van der Waals surface area (Å²) in [5.41, 5.74) is 1.31. The number of carbonyl (C=O) groups is 2. The lowest BCUT2D eigenvalue weighted by molar-refractivity contribution is -0.147. The Morgan fingerprint density at radius 2 is 2.25 bits per heavy atom. The van der Waals surface area contributed by atoms with E-state index in [0.29, 0.717) is 17.3 Å². The lowest BCUT2D eigenvalue weighted by Crippen LogP contribution is -2.54. The van der Waals surface area contributed by atoms with Crippen LogP contribution in [0.15, 0.2) is 18.2 Å². The van der Waals surface area contributed by atoms with Crippen molar-refractivity contribution in [3.8, 4) is 0 Å². The smallest absolute Gasteiger partial charge is 0.328 e. The van der Waals surface area contributed by atoms with Crippen molar-refractivity contribution in [3.05, 3.63) is 28.8 Å². The Morgan fingerprint density at radius 3 is 2.90 bits per heavy atom. The Kier molecular flexibility index (Phi) is 4.46. The van der Waals surface area contributed by atoms with Crippen LogP contribution in [0.25, 0.3) is 0 Å². The SMILES string of the molecule is Cc1cccc(Cl)c1NC(=O)N1CCOCC1C(=O)O. The summed E-state index contributed by atoms with van der Waals surface area (Å²) in [5, 5.41) is 12.2. The van der Waals surface area contributed by atoms with Crippen molar-refractivity contribution < 1.29 is 19.4 Å². The molecule has 2 N–H and O–H groups in total. The van der Waals surface area contributed by atoms with Gasteiger partial charge in [0.05, 0.1) is 23.9 Å². The predicted molar refractivity (Wildman–Crippen MR) is 74.2 cm³/mol. The lowest BCUT2D eigenvalue weighted by Gasteiger charge is -2.33. The molecule has 6 nitrogen and oxygen atoms in total. The molecule has 1 aliphatic heterocycles. The summed E-state index contributed by atoms with van der Waals surface area (Å²) < 4.78 is 5.09. The highest BCUT2D eigenvalue weighted by Crippen LogP contribution is 2.26. The highest BCUT2D eigenvalue weighted by Gasteiger charge is 2.33. The monoisotopic (exact) mass is 298 g/mol. The molecule has 7 heteroatoms. The van der Waals surface area contributed by atoms with E-state index in [-0.39, 0.29) is 13.2 Å². The Hall–Kier alpha value is -1.79. The van der Waals surface area contributed by atoms with E-state index < -0.39 is 18.0 Å². The zero-order chi connectivity index (χ0) is 14.7. The molecule has 1 heterocycles. The maximum absolute atomic E-state index is 12.2. The van der Waals surface area contributed by atoms with Crippen LogP contribution in [0.1, 0.15) is 5.56 Å². The van der Waals surface area contributed by atoms with E-state index in [2.05, 4.69) is 5.32 Å². The van der Waals surface area contributed by atoms with Gasteiger partial charge in [-0.05, 0) is 18.6 Å². The molecule has 1 saturated heterocycles. The normalized spacial score (nSPS) is 18.7. The number of aliphatic carboxylic acids is 1. The van der Waals surface area contributed by atoms with E-state index in [1.165, 1.54) is 4.90 Å². The van der Waals surface area contributed by atoms with Gasteiger partial charge in [-0.2, -0.15) is 0 Å². The van der Waals surface area contributed by atoms with Gasteiger partial charge < -0.3 is 20.1 Å². The lowest BCUT2D eigenvalue weighted by atomic mass is 10.2. The third-order valence-corrected chi connectivity index (χ3v) is 3.44. The molecule has 1 atom stereocenters. The van der Waals surface area contributed by atoms with Gasteiger partial charge in [-0.1, -0.05) is 23.7 Å². The molecule has 0 radical (unpaired) electrons. The first kappa shape index (κ1) is 14.6. The molecule has 1 unspecified atom stereocenters. The minimum Gasteiger partial charge on any atom is -0.480 e. The van der Waals surface area contributed by atoms with Gasteiger partial charge in [0.15, 0.2) is 6.04 Å². The first-order valence-corrected chi connectivity index (χ1v) is 6.52. The average molecular weight is 299 g/mol. The molecule has 1 aromatic rings. The van der Waals surface area contributed by atoms with Crippen LogP contribution in [0.4, 0.5) is 10.5 Å². The molecule has 1 aromatic carbocycles. The Labute approximate surface area is 121 Å². The molecule has 20 heavy (non-hydrogen) atoms. The average Bonchev–Trinajstić information content (AvgIpc) is 2.43. The summed E-state index contributed by atoms with van der Waals surface area (Å²) in [5.74, 6) is -1.09. The van der Waals surface area contributed by atoms with Crippen LogP contribution < -0.4 is 5.32 Å². The van der Waals surface area contributed by atoms with Crippen molar-refractivity contribution in [1.82, 2.24) is 4.90 Å². The number of morpholine rings is 1. The van der Waals surface area contributed by atoms with Gasteiger partial charge in [0.25, 0.3) is 0 Å². The number of carboxylic acid groups (broad SMARTS) is 1. The number of nitrogens with one attached hydrogen (secondary N) is 1. The topological polar surface area (TPSA) is 78.9 Å². The van der Waals surface area contributed by atoms with Crippen molar-refractivity contribution in [3.63, 3.8) is 0 Å². The second-order valence-corrected chi connectivity index (χ2v) is 4.89. The maximum atomic E-state index is 12.2. The summed E-state index contributed by atoms with van der Waals surface area (Å²) in [7, 11) is 0. The van der Waals surface area contributed by atoms with Gasteiger partial charge in [-0.25, -0.2) is 9.59 Å². The number of carboxylic acids is 1. The van der Waals surface area contributed by atoms with Crippen molar-refractivity contribution in [2.45, 2.75) is 13.0 Å². The molecule has 2 amide bonds. The highest BCUT2D eigenvalue weighted by atomic mass is 35.5. The number of benzene rings is 1. The summed E-state index contributed by atoms with van der Waals surface area (Å²) in [6, 6.07) is 3.79. The number of hydrogen-bond donors (Lipinski definition) is 2. The number of halogens is 1. The van der Waals surface area contributed by atoms with Gasteiger partial charge in [-0.3, -0.25) is 0 Å². The van der Waals surface area contributed by atoms with Crippen LogP contribution in [0.2, 0.25) is 5.02 Å². The first-order valence-electron chi connectivity index (χ1n) is 6.14. The molecular formula is C13H15ClN2O4. The number of carbonyl (C=O) groups excluding carboxylic acids is 1. The summed E-state index contributed by atoms with van der Waals surface area (Å²) >= 11 is 6.04. The largest absolute Gasteiger partial charge is 0.480 e. The number of nitrogens with zero attached hydrogens (tertiary/aromatic N) is 1. The molecule has 0 spiro atoms. The second kappa shape index (κ2) is 6.11. The van der Waals surface area contributed by atoms with Gasteiger partial charge >= 0.3 is 12.0 Å². The van der Waals surface area contributed by atoms with E-state index in [4.69, 9.17) is 21.4 Å². The van der Waals surface area contributed by atoms with Crippen LogP contribution in [-0.2, 0) is 9.53 Å². The van der Waals surface area contributed by atoms with E-state index in [1.807, 2.05) is 13.0 Å². The Morgan fingerprint density at radius 1 is 1.50 bits per heavy atom. The highest BCUT2D eigenvalue weighted by molar-refractivity contribution is 6.33. The number of rotatable bonds is 2. The number of anilines is 1. The summed E-state index contributed by atoms with van der Waals surface area (Å²) in [4.78, 5) is 24.6. The van der Waals surface area contributed by atoms with E-state index >= 15 is 0 Å². The van der Waals surface area contributed by atoms with Gasteiger partial charge in [-0.15, -0.1) is 0 Å². The molecule has 1 aliphatic rings. The van der Waals surface area contributed by atoms with E-state index in [1.54, 1.807) is 12.1 Å². The first-order chi connectivity index (χ1) is 9.50. The quantitative estimate of drug-likeness (QED) is 0.875. The fourth-order valence-electron chi connectivity index (χ4n) is 2.02. The summed E-state index contributed by atoms with van der Waals surface area (Å²) in [6.45, 7) is 2.35. The van der Waals surface area contributed by atoms with Crippen molar-refractivity contribution in [2.75, 3.05) is 25.1 Å². The molecule has 1 fully saturated rings. The van der Waals surface area contributed by atoms with Crippen molar-refractivity contribution in [1.29, 1.82) is 0 Å². The molecule has 0 saturated carbocycles. The number of aryl methyl sites for hydroxylation is 1. The number of amides is 2. The van der Waals surface area contributed by atoms with E-state index in [9.17, 15) is 9.59 Å². The van der Waals surface area contributed by atoms with Crippen molar-refractivity contribution in [2.24, 2.45) is 0 Å². The van der Waals surface area contributed by atoms with Crippen LogP contribution in [0.5, 0.6) is 0 Å². The van der Waals surface area contributed by atoms with Crippen LogP contribution >= 0.6 is 11.6 Å². The Balaban J connectivity index is 2.16. The summed E-state index contributed by atoms with van der Waals surface area (Å²) in [6.07, 6.45) is 0. The second-order valence-electron chi connectivity index (χ2n) is 4.48. The molecule has 0 bridgehead atoms. The van der Waals surface area contributed by atoms with E-state index in [0.717, 1.165) is 5.56 Å². The third-order valence-electron chi connectivity index (χ3n) is 3.13. The number of para-hydroxylation sites is 1. The minimum absolute atomic E-state index is 0.00967. The minimum atomic E-state index is -1.09. The number of urea groups is 1. The molecule has 2 rings (SSSR count). The number of ether oxygens (including phenoxy) is 1.